The van der Waals surface area contributed by atoms with Gasteiger partial charge in [-0.1, -0.05) is 0 Å². The van der Waals surface area contributed by atoms with Crippen LogP contribution in [0.15, 0.2) is 0 Å². The highest BCUT2D eigenvalue weighted by Crippen LogP contribution is 2.06. The summed E-state index contributed by atoms with van der Waals surface area (Å²) in [4.78, 5) is 11.4. The summed E-state index contributed by atoms with van der Waals surface area (Å²) in [5.41, 5.74) is -0.546. The average Bonchev–Trinajstić information content (AvgIpc) is 2.38. The molecule has 8 heteroatoms. The summed E-state index contributed by atoms with van der Waals surface area (Å²) in [6.07, 6.45) is -3.72. The minimum atomic E-state index is -2.77. The van der Waals surface area contributed by atoms with Crippen molar-refractivity contribution in [2.75, 3.05) is 26.8 Å². The number of aliphatic hydroxyl groups excluding tert-OH is 1. The number of ether oxygens (including phenoxy) is 2. The zero-order valence-electron chi connectivity index (χ0n) is 13.7. The van der Waals surface area contributed by atoms with Crippen molar-refractivity contribution in [3.05, 3.63) is 0 Å². The molecule has 22 heavy (non-hydrogen) atoms. The summed E-state index contributed by atoms with van der Waals surface area (Å²) in [5, 5.41) is 14.5. The first-order valence-corrected chi connectivity index (χ1v) is 7.31. The summed E-state index contributed by atoms with van der Waals surface area (Å²) in [7, 11) is 1.51. The van der Waals surface area contributed by atoms with Crippen LogP contribution in [0.4, 0.5) is 13.6 Å². The van der Waals surface area contributed by atoms with Crippen LogP contribution < -0.4 is 10.6 Å². The smallest absolute Gasteiger partial charge is 0.407 e. The minimum absolute atomic E-state index is 0.168. The fourth-order valence-corrected chi connectivity index (χ4v) is 1.68. The van der Waals surface area contributed by atoms with E-state index in [0.29, 0.717) is 26.0 Å². The lowest BCUT2D eigenvalue weighted by molar-refractivity contribution is -0.00625. The number of carbonyl (C=O) groups excluding carboxylic acids is 1. The molecule has 2 unspecified atom stereocenters. The van der Waals surface area contributed by atoms with Crippen LogP contribution in [-0.2, 0) is 9.47 Å². The fourth-order valence-electron chi connectivity index (χ4n) is 1.68. The van der Waals surface area contributed by atoms with Crippen molar-refractivity contribution in [3.8, 4) is 0 Å². The first-order chi connectivity index (χ1) is 10.2. The summed E-state index contributed by atoms with van der Waals surface area (Å²) in [5.74, 6) is 0. The van der Waals surface area contributed by atoms with Crippen LogP contribution in [-0.4, -0.2) is 62.2 Å². The summed E-state index contributed by atoms with van der Waals surface area (Å²) in [6, 6.07) is -0.168. The van der Waals surface area contributed by atoms with Crippen LogP contribution in [0, 0.1) is 0 Å². The molecule has 0 spiro atoms. The highest BCUT2D eigenvalue weighted by molar-refractivity contribution is 5.67. The van der Waals surface area contributed by atoms with Crippen molar-refractivity contribution in [1.82, 2.24) is 10.6 Å². The molecule has 0 aromatic carbocycles. The summed E-state index contributed by atoms with van der Waals surface area (Å²) >= 11 is 0. The molecule has 0 saturated carbocycles. The Kier molecular flexibility index (Phi) is 10.2. The molecule has 0 aromatic heterocycles. The van der Waals surface area contributed by atoms with E-state index in [9.17, 15) is 13.6 Å². The number of amides is 1. The zero-order valence-corrected chi connectivity index (χ0v) is 13.7. The molecule has 0 aromatic rings. The van der Waals surface area contributed by atoms with Gasteiger partial charge in [0.1, 0.15) is 11.7 Å². The molecule has 0 radical (unpaired) electrons. The maximum absolute atomic E-state index is 12.2. The van der Waals surface area contributed by atoms with Crippen LogP contribution in [0.5, 0.6) is 0 Å². The molecule has 0 aliphatic carbocycles. The third-order valence-corrected chi connectivity index (χ3v) is 2.67. The van der Waals surface area contributed by atoms with Gasteiger partial charge in [-0.05, 0) is 33.6 Å². The number of carbonyl (C=O) groups is 1. The molecule has 0 heterocycles. The topological polar surface area (TPSA) is 79.8 Å². The molecule has 0 fully saturated rings. The Morgan fingerprint density at radius 3 is 2.45 bits per heavy atom. The largest absolute Gasteiger partial charge is 0.444 e. The van der Waals surface area contributed by atoms with Crippen molar-refractivity contribution in [3.63, 3.8) is 0 Å². The number of aliphatic hydroxyl groups is 1. The third kappa shape index (κ3) is 11.6. The number of alkyl carbamates (subject to hydrolysis) is 1. The van der Waals surface area contributed by atoms with Crippen LogP contribution in [0.25, 0.3) is 0 Å². The van der Waals surface area contributed by atoms with Crippen LogP contribution in [0.2, 0.25) is 0 Å². The highest BCUT2D eigenvalue weighted by atomic mass is 19.3. The number of alkyl halides is 2. The maximum atomic E-state index is 12.2. The molecule has 0 aliphatic rings. The molecule has 0 bridgehead atoms. The number of rotatable bonds is 10. The lowest BCUT2D eigenvalue weighted by Crippen LogP contribution is -2.41. The fraction of sp³-hybridized carbons (Fsp3) is 0.929. The Morgan fingerprint density at radius 2 is 1.95 bits per heavy atom. The molecule has 0 rings (SSSR count). The van der Waals surface area contributed by atoms with E-state index in [1.807, 2.05) is 0 Å². The second-order valence-electron chi connectivity index (χ2n) is 6.03. The van der Waals surface area contributed by atoms with Crippen molar-refractivity contribution in [2.24, 2.45) is 0 Å². The number of hydrogen-bond donors (Lipinski definition) is 3. The van der Waals surface area contributed by atoms with E-state index in [4.69, 9.17) is 14.6 Å². The van der Waals surface area contributed by atoms with Gasteiger partial charge in [-0.25, -0.2) is 13.6 Å². The Balaban J connectivity index is 3.93. The molecule has 2 atom stereocenters. The van der Waals surface area contributed by atoms with Crippen molar-refractivity contribution in [1.29, 1.82) is 0 Å². The normalized spacial score (nSPS) is 14.7. The first-order valence-electron chi connectivity index (χ1n) is 7.31. The lowest BCUT2D eigenvalue weighted by atomic mass is 10.1. The maximum Gasteiger partial charge on any atom is 0.407 e. The third-order valence-electron chi connectivity index (χ3n) is 2.67. The zero-order chi connectivity index (χ0) is 17.2. The first kappa shape index (κ1) is 21.0. The molecule has 1 amide bonds. The van der Waals surface area contributed by atoms with Gasteiger partial charge in [0.2, 0.25) is 0 Å². The molecule has 132 valence electrons. The van der Waals surface area contributed by atoms with Crippen molar-refractivity contribution < 1.29 is 28.2 Å². The van der Waals surface area contributed by atoms with Gasteiger partial charge in [-0.3, -0.25) is 0 Å². The Labute approximate surface area is 130 Å². The highest BCUT2D eigenvalue weighted by Gasteiger charge is 2.19. The Morgan fingerprint density at radius 1 is 1.32 bits per heavy atom. The standard InChI is InChI=1S/C14H28F2N2O4/c1-14(2,3)22-13(20)17-7-5-6-10(9-21-4)18-8-11(19)12(15)16/h10-12,18-19H,5-9H2,1-4H3,(H,17,20). The van der Waals surface area contributed by atoms with E-state index in [-0.39, 0.29) is 12.6 Å². The van der Waals surface area contributed by atoms with E-state index in [1.165, 1.54) is 7.11 Å². The average molecular weight is 326 g/mol. The second kappa shape index (κ2) is 10.7. The molecule has 0 saturated heterocycles. The number of halogens is 2. The van der Waals surface area contributed by atoms with Crippen molar-refractivity contribution in [2.45, 2.75) is 57.8 Å². The number of methoxy groups -OCH3 is 1. The number of nitrogens with one attached hydrogen (secondary N) is 2. The molecule has 6 nitrogen and oxygen atoms in total. The minimum Gasteiger partial charge on any atom is -0.444 e. The summed E-state index contributed by atoms with van der Waals surface area (Å²) < 4.78 is 34.5. The van der Waals surface area contributed by atoms with Gasteiger partial charge >= 0.3 is 6.09 Å². The summed E-state index contributed by atoms with van der Waals surface area (Å²) in [6.45, 7) is 5.88. The van der Waals surface area contributed by atoms with Gasteiger partial charge in [0.15, 0.2) is 0 Å². The molecular formula is C14H28F2N2O4. The van der Waals surface area contributed by atoms with E-state index in [1.54, 1.807) is 20.8 Å². The lowest BCUT2D eigenvalue weighted by Gasteiger charge is -2.21. The van der Waals surface area contributed by atoms with Gasteiger partial charge in [0.25, 0.3) is 6.43 Å². The van der Waals surface area contributed by atoms with Gasteiger partial charge in [-0.2, -0.15) is 0 Å². The van der Waals surface area contributed by atoms with E-state index in [0.717, 1.165) is 0 Å². The molecule has 0 aliphatic heterocycles. The van der Waals surface area contributed by atoms with Gasteiger partial charge in [0, 0.05) is 26.2 Å². The van der Waals surface area contributed by atoms with Gasteiger partial charge in [0.05, 0.1) is 6.61 Å². The van der Waals surface area contributed by atoms with E-state index < -0.39 is 24.2 Å². The van der Waals surface area contributed by atoms with Crippen molar-refractivity contribution >= 4 is 6.09 Å². The monoisotopic (exact) mass is 326 g/mol. The van der Waals surface area contributed by atoms with E-state index >= 15 is 0 Å². The second-order valence-corrected chi connectivity index (χ2v) is 6.03. The Bertz CT molecular complexity index is 312. The van der Waals surface area contributed by atoms with Gasteiger partial charge < -0.3 is 25.2 Å². The van der Waals surface area contributed by atoms with E-state index in [2.05, 4.69) is 10.6 Å². The molecular weight excluding hydrogens is 298 g/mol. The predicted octanol–water partition coefficient (Wildman–Crippen LogP) is 1.52. The van der Waals surface area contributed by atoms with Crippen LogP contribution in [0.3, 0.4) is 0 Å². The van der Waals surface area contributed by atoms with Crippen LogP contribution in [0.1, 0.15) is 33.6 Å². The van der Waals surface area contributed by atoms with Crippen LogP contribution >= 0.6 is 0 Å². The molecule has 3 N–H and O–H groups in total. The quantitative estimate of drug-likeness (QED) is 0.531. The Hall–Kier alpha value is -0.990. The van der Waals surface area contributed by atoms with Gasteiger partial charge in [-0.15, -0.1) is 0 Å². The predicted molar refractivity (Wildman–Crippen MR) is 79.1 cm³/mol. The SMILES string of the molecule is COCC(CCCNC(=O)OC(C)(C)C)NCC(O)C(F)F. The number of hydrogen-bond acceptors (Lipinski definition) is 5.